The van der Waals surface area contributed by atoms with E-state index in [9.17, 15) is 18.4 Å². The molecule has 5 rings (SSSR count). The third-order valence-corrected chi connectivity index (χ3v) is 7.78. The first-order valence-electron chi connectivity index (χ1n) is 13.9. The van der Waals surface area contributed by atoms with Crippen LogP contribution in [0.2, 0.25) is 5.02 Å². The molecule has 2 aliphatic rings. The molecule has 1 fully saturated rings. The van der Waals surface area contributed by atoms with Gasteiger partial charge in [-0.15, -0.1) is 8.78 Å². The average molecular weight is 597 g/mol. The van der Waals surface area contributed by atoms with Crippen molar-refractivity contribution in [2.45, 2.75) is 71.9 Å². The summed E-state index contributed by atoms with van der Waals surface area (Å²) in [6.07, 6.45) is 3.04. The van der Waals surface area contributed by atoms with Gasteiger partial charge >= 0.3 is 6.29 Å². The predicted octanol–water partition coefficient (Wildman–Crippen LogP) is 7.19. The molecule has 7 nitrogen and oxygen atoms in total. The summed E-state index contributed by atoms with van der Waals surface area (Å²) in [7, 11) is 0. The van der Waals surface area contributed by atoms with Crippen molar-refractivity contribution >= 4 is 35.3 Å². The third-order valence-electron chi connectivity index (χ3n) is 7.52. The Labute approximate surface area is 249 Å². The molecule has 1 saturated carbocycles. The van der Waals surface area contributed by atoms with E-state index in [4.69, 9.17) is 16.4 Å². The number of fused-ring (bicyclic) bond motifs is 3. The molecule has 1 aromatic heterocycles. The molecule has 0 unspecified atom stereocenters. The van der Waals surface area contributed by atoms with Crippen LogP contribution in [0.25, 0.3) is 11.1 Å². The minimum Gasteiger partial charge on any atom is -0.365 e. The largest absolute Gasteiger partial charge is 0.483 e. The summed E-state index contributed by atoms with van der Waals surface area (Å²) in [5.41, 5.74) is 5.84. The fourth-order valence-corrected chi connectivity index (χ4v) is 6.21. The van der Waals surface area contributed by atoms with Gasteiger partial charge in [0, 0.05) is 71.6 Å². The van der Waals surface area contributed by atoms with Gasteiger partial charge < -0.3 is 10.2 Å². The summed E-state index contributed by atoms with van der Waals surface area (Å²) < 4.78 is 19.4. The molecule has 1 amide bonds. The van der Waals surface area contributed by atoms with Gasteiger partial charge in [-0.25, -0.2) is 14.8 Å². The molecule has 10 heteroatoms. The molecule has 2 heterocycles. The molecule has 3 aromatic rings. The number of carbonyl (C=O) groups excluding carboxylic acids is 3. The number of amides is 1. The van der Waals surface area contributed by atoms with Crippen LogP contribution in [-0.4, -0.2) is 46.6 Å². The van der Waals surface area contributed by atoms with Crippen LogP contribution in [0.15, 0.2) is 48.8 Å². The second-order valence-electron chi connectivity index (χ2n) is 12.1. The zero-order chi connectivity index (χ0) is 30.8. The first kappa shape index (κ1) is 31.2. The topological polar surface area (TPSA) is 92.3 Å². The Balaban J connectivity index is 0.000000952. The van der Waals surface area contributed by atoms with Crippen molar-refractivity contribution in [2.75, 3.05) is 11.4 Å². The molecular formula is C32H35ClF2N4O3. The molecule has 0 saturated heterocycles. The number of ketones is 1. The van der Waals surface area contributed by atoms with Crippen molar-refractivity contribution in [1.82, 2.24) is 15.3 Å². The Bertz CT molecular complexity index is 1470. The smallest absolute Gasteiger partial charge is 0.365 e. The molecule has 3 atom stereocenters. The lowest BCUT2D eigenvalue weighted by Crippen LogP contribution is -2.50. The highest BCUT2D eigenvalue weighted by Crippen LogP contribution is 2.54. The summed E-state index contributed by atoms with van der Waals surface area (Å²) in [5, 5.41) is 3.88. The summed E-state index contributed by atoms with van der Waals surface area (Å²) in [4.78, 5) is 45.3. The fraction of sp³-hybridized carbons (Fsp3) is 0.406. The van der Waals surface area contributed by atoms with Crippen molar-refractivity contribution in [2.24, 2.45) is 5.41 Å². The number of carbonyl (C=O) groups is 3. The maximum absolute atomic E-state index is 13.6. The Morgan fingerprint density at radius 2 is 1.67 bits per heavy atom. The van der Waals surface area contributed by atoms with E-state index in [1.807, 2.05) is 49.6 Å². The third kappa shape index (κ3) is 7.37. The minimum atomic E-state index is -2.83. The highest BCUT2D eigenvalue weighted by atomic mass is 35.5. The summed E-state index contributed by atoms with van der Waals surface area (Å²) in [5.74, 6) is 0.993. The first-order chi connectivity index (χ1) is 19.7. The Hall–Kier alpha value is -3.72. The number of halogens is 3. The van der Waals surface area contributed by atoms with E-state index in [2.05, 4.69) is 47.0 Å². The normalized spacial score (nSPS) is 19.0. The minimum absolute atomic E-state index is 0.00620. The van der Waals surface area contributed by atoms with Gasteiger partial charge in [-0.1, -0.05) is 44.5 Å². The van der Waals surface area contributed by atoms with Gasteiger partial charge in [-0.2, -0.15) is 0 Å². The van der Waals surface area contributed by atoms with E-state index in [1.54, 1.807) is 6.92 Å². The number of hydrogen-bond donors (Lipinski definition) is 1. The second-order valence-corrected chi connectivity index (χ2v) is 12.5. The first-order valence-corrected chi connectivity index (χ1v) is 14.2. The Morgan fingerprint density at radius 3 is 2.24 bits per heavy atom. The number of anilines is 1. The standard InChI is InChI=1S/C31H35ClN4O2.CF2O/c1-18-33-15-22(16-34-18)25-13-21(28(38)12-20-6-8-23(32)9-7-20)14-26-24-10-11-27(35-19(2)37)30(24)36(29(25)26)17-31(3,4)5;2-1(3)4/h6-9,13-16,24,27,30H,10-12,17H2,1-5H3,(H,35,37);/t24-,27+,30+;/m0./s1. The number of aromatic nitrogens is 2. The molecule has 0 spiro atoms. The van der Waals surface area contributed by atoms with Crippen LogP contribution in [0.3, 0.4) is 0 Å². The molecule has 0 bridgehead atoms. The maximum atomic E-state index is 13.6. The number of Topliss-reactive ketones (excluding diaryl/α,β-unsaturated/α-hetero) is 1. The zero-order valence-electron chi connectivity index (χ0n) is 24.4. The highest BCUT2D eigenvalue weighted by Gasteiger charge is 2.49. The van der Waals surface area contributed by atoms with Gasteiger partial charge in [-0.05, 0) is 60.6 Å². The van der Waals surface area contributed by atoms with Gasteiger partial charge in [0.2, 0.25) is 5.91 Å². The number of hydrogen-bond acceptors (Lipinski definition) is 6. The van der Waals surface area contributed by atoms with E-state index in [-0.39, 0.29) is 35.1 Å². The quantitative estimate of drug-likeness (QED) is 0.239. The van der Waals surface area contributed by atoms with Gasteiger partial charge in [-0.3, -0.25) is 9.59 Å². The number of rotatable bonds is 6. The van der Waals surface area contributed by atoms with E-state index in [0.717, 1.165) is 41.8 Å². The zero-order valence-corrected chi connectivity index (χ0v) is 25.1. The Morgan fingerprint density at radius 1 is 1.05 bits per heavy atom. The van der Waals surface area contributed by atoms with Crippen LogP contribution in [0.4, 0.5) is 19.3 Å². The SMILES string of the molecule is CC(=O)N[C@@H]1CC[C@H]2c3cc(C(=O)Cc4ccc(Cl)cc4)cc(-c4cnc(C)nc4)c3N(CC(C)(C)C)[C@@H]12.O=C(F)F. The lowest BCUT2D eigenvalue weighted by molar-refractivity contribution is -0.119. The number of benzene rings is 2. The molecule has 1 N–H and O–H groups in total. The van der Waals surface area contributed by atoms with E-state index >= 15 is 0 Å². The molecular weight excluding hydrogens is 562 g/mol. The fourth-order valence-electron chi connectivity index (χ4n) is 6.08. The van der Waals surface area contributed by atoms with Crippen molar-refractivity contribution in [3.05, 3.63) is 76.3 Å². The van der Waals surface area contributed by atoms with E-state index < -0.39 is 6.29 Å². The lowest BCUT2D eigenvalue weighted by Gasteiger charge is -2.37. The molecule has 42 heavy (non-hydrogen) atoms. The van der Waals surface area contributed by atoms with Crippen LogP contribution < -0.4 is 10.2 Å². The molecule has 2 aromatic carbocycles. The summed E-state index contributed by atoms with van der Waals surface area (Å²) >= 11 is 6.06. The van der Waals surface area contributed by atoms with Gasteiger partial charge in [0.15, 0.2) is 5.78 Å². The molecule has 0 radical (unpaired) electrons. The highest BCUT2D eigenvalue weighted by molar-refractivity contribution is 6.30. The Kier molecular flexibility index (Phi) is 9.40. The van der Waals surface area contributed by atoms with Crippen LogP contribution >= 0.6 is 11.6 Å². The number of nitrogens with one attached hydrogen (secondary N) is 1. The summed E-state index contributed by atoms with van der Waals surface area (Å²) in [6, 6.07) is 11.7. The van der Waals surface area contributed by atoms with Crippen LogP contribution in [0.5, 0.6) is 0 Å². The van der Waals surface area contributed by atoms with Crippen molar-refractivity contribution in [3.63, 3.8) is 0 Å². The van der Waals surface area contributed by atoms with Gasteiger partial charge in [0.05, 0.1) is 6.04 Å². The average Bonchev–Trinajstić information content (AvgIpc) is 3.43. The van der Waals surface area contributed by atoms with Crippen LogP contribution in [-0.2, 0) is 11.2 Å². The molecule has 1 aliphatic carbocycles. The van der Waals surface area contributed by atoms with E-state index in [0.29, 0.717) is 22.8 Å². The van der Waals surface area contributed by atoms with Gasteiger partial charge in [0.1, 0.15) is 5.82 Å². The monoisotopic (exact) mass is 596 g/mol. The lowest BCUT2D eigenvalue weighted by atomic mass is 9.90. The van der Waals surface area contributed by atoms with Crippen molar-refractivity contribution < 1.29 is 23.2 Å². The predicted molar refractivity (Wildman–Crippen MR) is 159 cm³/mol. The van der Waals surface area contributed by atoms with E-state index in [1.165, 1.54) is 5.56 Å². The second kappa shape index (κ2) is 12.7. The van der Waals surface area contributed by atoms with Crippen LogP contribution in [0, 0.1) is 12.3 Å². The van der Waals surface area contributed by atoms with Crippen LogP contribution in [0.1, 0.15) is 73.8 Å². The number of aryl methyl sites for hydroxylation is 1. The maximum Gasteiger partial charge on any atom is 0.483 e. The summed E-state index contributed by atoms with van der Waals surface area (Å²) in [6.45, 7) is 11.0. The number of nitrogens with zero attached hydrogens (tertiary/aromatic N) is 3. The van der Waals surface area contributed by atoms with Crippen molar-refractivity contribution in [1.29, 1.82) is 0 Å². The van der Waals surface area contributed by atoms with Gasteiger partial charge in [0.25, 0.3) is 0 Å². The molecule has 222 valence electrons. The molecule has 1 aliphatic heterocycles. The van der Waals surface area contributed by atoms with Crippen molar-refractivity contribution in [3.8, 4) is 11.1 Å².